The van der Waals surface area contributed by atoms with Crippen LogP contribution in [0.25, 0.3) is 0 Å². The van der Waals surface area contributed by atoms with E-state index in [2.05, 4.69) is 9.97 Å². The van der Waals surface area contributed by atoms with Crippen LogP contribution >= 0.6 is 11.8 Å². The molecular formula is C13H20N4O4S. The Morgan fingerprint density at radius 1 is 1.18 bits per heavy atom. The molecule has 0 fully saturated rings. The van der Waals surface area contributed by atoms with Crippen LogP contribution in [-0.4, -0.2) is 40.9 Å². The standard InChI is InChI=1S/C13H20N4O4S/c1-3-20-11(18)5-8(12(19)21-4-2)7-22-13-16-9(14)6-10(15)17-13/h6,8H,3-5,7H2,1-2H3,(H4,14,15,16,17). The molecule has 0 aliphatic heterocycles. The van der Waals surface area contributed by atoms with E-state index in [9.17, 15) is 9.59 Å². The number of ether oxygens (including phenoxy) is 2. The third-order valence-electron chi connectivity index (χ3n) is 2.50. The van der Waals surface area contributed by atoms with Crippen molar-refractivity contribution >= 4 is 35.3 Å². The largest absolute Gasteiger partial charge is 0.466 e. The van der Waals surface area contributed by atoms with Crippen LogP contribution in [0.4, 0.5) is 11.6 Å². The number of hydrogen-bond donors (Lipinski definition) is 2. The van der Waals surface area contributed by atoms with Crippen LogP contribution in [0.1, 0.15) is 20.3 Å². The average Bonchev–Trinajstić information content (AvgIpc) is 2.42. The number of aromatic nitrogens is 2. The van der Waals surface area contributed by atoms with Gasteiger partial charge in [-0.3, -0.25) is 9.59 Å². The van der Waals surface area contributed by atoms with E-state index in [1.165, 1.54) is 17.8 Å². The molecule has 9 heteroatoms. The Labute approximate surface area is 133 Å². The van der Waals surface area contributed by atoms with Crippen LogP contribution in [-0.2, 0) is 19.1 Å². The number of nitrogen functional groups attached to an aromatic ring is 2. The van der Waals surface area contributed by atoms with E-state index in [1.807, 2.05) is 0 Å². The second-order valence-electron chi connectivity index (χ2n) is 4.27. The first kappa shape index (κ1) is 18.0. The molecule has 0 spiro atoms. The Morgan fingerprint density at radius 3 is 2.32 bits per heavy atom. The highest BCUT2D eigenvalue weighted by molar-refractivity contribution is 7.99. The molecule has 1 aromatic heterocycles. The number of carbonyl (C=O) groups is 2. The van der Waals surface area contributed by atoms with Gasteiger partial charge in [0.25, 0.3) is 0 Å². The summed E-state index contributed by atoms with van der Waals surface area (Å²) < 4.78 is 9.83. The molecule has 0 bridgehead atoms. The Hall–Kier alpha value is -2.03. The Morgan fingerprint density at radius 2 is 1.77 bits per heavy atom. The van der Waals surface area contributed by atoms with Gasteiger partial charge in [0.1, 0.15) is 11.6 Å². The van der Waals surface area contributed by atoms with Crippen LogP contribution < -0.4 is 11.5 Å². The van der Waals surface area contributed by atoms with Crippen LogP contribution in [0.15, 0.2) is 11.2 Å². The van der Waals surface area contributed by atoms with Crippen molar-refractivity contribution in [1.29, 1.82) is 0 Å². The fourth-order valence-corrected chi connectivity index (χ4v) is 2.54. The SMILES string of the molecule is CCOC(=O)CC(CSc1nc(N)cc(N)n1)C(=O)OCC. The summed E-state index contributed by atoms with van der Waals surface area (Å²) in [5, 5.41) is 0.343. The van der Waals surface area contributed by atoms with Gasteiger partial charge in [0, 0.05) is 11.8 Å². The van der Waals surface area contributed by atoms with Gasteiger partial charge in [0.2, 0.25) is 0 Å². The summed E-state index contributed by atoms with van der Waals surface area (Å²) in [6, 6.07) is 1.44. The predicted octanol–water partition coefficient (Wildman–Crippen LogP) is 0.866. The fraction of sp³-hybridized carbons (Fsp3) is 0.538. The van der Waals surface area contributed by atoms with E-state index >= 15 is 0 Å². The van der Waals surface area contributed by atoms with Gasteiger partial charge in [-0.15, -0.1) is 0 Å². The molecule has 4 N–H and O–H groups in total. The highest BCUT2D eigenvalue weighted by atomic mass is 32.2. The number of nitrogens with two attached hydrogens (primary N) is 2. The van der Waals surface area contributed by atoms with Crippen molar-refractivity contribution < 1.29 is 19.1 Å². The quantitative estimate of drug-likeness (QED) is 0.405. The molecule has 0 aliphatic carbocycles. The van der Waals surface area contributed by atoms with Gasteiger partial charge in [-0.1, -0.05) is 11.8 Å². The van der Waals surface area contributed by atoms with Gasteiger partial charge in [0.05, 0.1) is 25.6 Å². The van der Waals surface area contributed by atoms with Crippen LogP contribution in [0.5, 0.6) is 0 Å². The molecule has 8 nitrogen and oxygen atoms in total. The molecule has 0 saturated carbocycles. The zero-order valence-electron chi connectivity index (χ0n) is 12.6. The molecule has 1 unspecified atom stereocenters. The lowest BCUT2D eigenvalue weighted by molar-refractivity contribution is -0.153. The van der Waals surface area contributed by atoms with Gasteiger partial charge in [0.15, 0.2) is 5.16 Å². The minimum atomic E-state index is -0.643. The summed E-state index contributed by atoms with van der Waals surface area (Å²) in [6.07, 6.45) is -0.0581. The van der Waals surface area contributed by atoms with Crippen molar-refractivity contribution in [2.45, 2.75) is 25.4 Å². The van der Waals surface area contributed by atoms with Gasteiger partial charge in [-0.05, 0) is 13.8 Å². The number of anilines is 2. The topological polar surface area (TPSA) is 130 Å². The minimum absolute atomic E-state index is 0.0581. The lowest BCUT2D eigenvalue weighted by Gasteiger charge is -2.14. The number of rotatable bonds is 8. The maximum Gasteiger partial charge on any atom is 0.310 e. The fourth-order valence-electron chi connectivity index (χ4n) is 1.59. The maximum absolute atomic E-state index is 11.9. The van der Waals surface area contributed by atoms with Gasteiger partial charge < -0.3 is 20.9 Å². The first-order valence-electron chi connectivity index (χ1n) is 6.81. The molecule has 0 amide bonds. The zero-order chi connectivity index (χ0) is 16.5. The van der Waals surface area contributed by atoms with Crippen LogP contribution in [0.3, 0.4) is 0 Å². The van der Waals surface area contributed by atoms with Crippen molar-refractivity contribution in [3.8, 4) is 0 Å². The highest BCUT2D eigenvalue weighted by Gasteiger charge is 2.24. The lowest BCUT2D eigenvalue weighted by atomic mass is 10.1. The summed E-state index contributed by atoms with van der Waals surface area (Å²) >= 11 is 1.18. The van der Waals surface area contributed by atoms with E-state index in [-0.39, 0.29) is 37.0 Å². The third kappa shape index (κ3) is 6.17. The monoisotopic (exact) mass is 328 g/mol. The van der Waals surface area contributed by atoms with E-state index in [4.69, 9.17) is 20.9 Å². The molecular weight excluding hydrogens is 308 g/mol. The smallest absolute Gasteiger partial charge is 0.310 e. The van der Waals surface area contributed by atoms with E-state index in [0.29, 0.717) is 5.16 Å². The summed E-state index contributed by atoms with van der Waals surface area (Å²) in [7, 11) is 0. The Bertz CT molecular complexity index is 507. The minimum Gasteiger partial charge on any atom is -0.466 e. The Balaban J connectivity index is 2.70. The molecule has 1 rings (SSSR count). The number of thioether (sulfide) groups is 1. The summed E-state index contributed by atoms with van der Waals surface area (Å²) in [4.78, 5) is 31.5. The van der Waals surface area contributed by atoms with E-state index < -0.39 is 17.9 Å². The molecule has 0 aromatic carbocycles. The second-order valence-corrected chi connectivity index (χ2v) is 5.26. The molecule has 0 radical (unpaired) electrons. The summed E-state index contributed by atoms with van der Waals surface area (Å²) in [6.45, 7) is 3.91. The van der Waals surface area contributed by atoms with E-state index in [1.54, 1.807) is 13.8 Å². The van der Waals surface area contributed by atoms with Gasteiger partial charge >= 0.3 is 11.9 Å². The number of esters is 2. The molecule has 0 aliphatic rings. The predicted molar refractivity (Wildman–Crippen MR) is 83.0 cm³/mol. The lowest BCUT2D eigenvalue weighted by Crippen LogP contribution is -2.24. The summed E-state index contributed by atoms with van der Waals surface area (Å²) in [5.41, 5.74) is 11.2. The zero-order valence-corrected chi connectivity index (χ0v) is 13.4. The second kappa shape index (κ2) is 9.08. The maximum atomic E-state index is 11.9. The molecule has 122 valence electrons. The number of nitrogens with zero attached hydrogens (tertiary/aromatic N) is 2. The highest BCUT2D eigenvalue weighted by Crippen LogP contribution is 2.22. The average molecular weight is 328 g/mol. The third-order valence-corrected chi connectivity index (χ3v) is 3.51. The number of carbonyl (C=O) groups excluding carboxylic acids is 2. The first-order valence-corrected chi connectivity index (χ1v) is 7.79. The first-order chi connectivity index (χ1) is 10.5. The van der Waals surface area contributed by atoms with Crippen LogP contribution in [0, 0.1) is 5.92 Å². The number of hydrogen-bond acceptors (Lipinski definition) is 9. The molecule has 1 aromatic rings. The van der Waals surface area contributed by atoms with Crippen LogP contribution in [0.2, 0.25) is 0 Å². The molecule has 22 heavy (non-hydrogen) atoms. The van der Waals surface area contributed by atoms with Crippen molar-refractivity contribution in [1.82, 2.24) is 9.97 Å². The van der Waals surface area contributed by atoms with Gasteiger partial charge in [-0.25, -0.2) is 9.97 Å². The molecule has 1 heterocycles. The van der Waals surface area contributed by atoms with Crippen molar-refractivity contribution in [3.63, 3.8) is 0 Å². The van der Waals surface area contributed by atoms with Crippen molar-refractivity contribution in [2.24, 2.45) is 5.92 Å². The Kier molecular flexibility index (Phi) is 7.44. The molecule has 1 atom stereocenters. The van der Waals surface area contributed by atoms with E-state index in [0.717, 1.165) is 0 Å². The van der Waals surface area contributed by atoms with Gasteiger partial charge in [-0.2, -0.15) is 0 Å². The van der Waals surface area contributed by atoms with Crippen molar-refractivity contribution in [2.75, 3.05) is 30.4 Å². The summed E-state index contributed by atoms with van der Waals surface area (Å²) in [5.74, 6) is -0.800. The normalized spacial score (nSPS) is 11.7. The molecule has 0 saturated heterocycles. The van der Waals surface area contributed by atoms with Crippen molar-refractivity contribution in [3.05, 3.63) is 6.07 Å².